The third-order valence-electron chi connectivity index (χ3n) is 4.20. The Balaban J connectivity index is 1.72. The van der Waals surface area contributed by atoms with Crippen LogP contribution in [0.25, 0.3) is 0 Å². The molecular weight excluding hydrogens is 266 g/mol. The highest BCUT2D eigenvalue weighted by atomic mass is 16.5. The monoisotopic (exact) mass is 289 g/mol. The Bertz CT molecular complexity index is 507. The third-order valence-corrected chi connectivity index (χ3v) is 4.20. The van der Waals surface area contributed by atoms with Crippen LogP contribution in [0.4, 0.5) is 0 Å². The molecule has 2 aliphatic heterocycles. The summed E-state index contributed by atoms with van der Waals surface area (Å²) in [6, 6.07) is 2.09. The number of carbonyl (C=O) groups excluding carboxylic acids is 1. The standard InChI is InChI=1S/C17H23NO3/c1-2-3-4-7-18-16(19)11-14-13-6-9-20-15(13)10-12-5-8-21-17(12)14/h10H,2-9,11H2,1H3,(H,18,19). The Labute approximate surface area is 125 Å². The van der Waals surface area contributed by atoms with Crippen LogP contribution in [-0.4, -0.2) is 25.7 Å². The number of ether oxygens (including phenoxy) is 2. The number of carbonyl (C=O) groups is 1. The Kier molecular flexibility index (Phi) is 4.32. The summed E-state index contributed by atoms with van der Waals surface area (Å²) in [5, 5.41) is 3.01. The van der Waals surface area contributed by atoms with Crippen LogP contribution in [0.3, 0.4) is 0 Å². The lowest BCUT2D eigenvalue weighted by atomic mass is 9.97. The minimum Gasteiger partial charge on any atom is -0.493 e. The molecule has 2 heterocycles. The molecular formula is C17H23NO3. The van der Waals surface area contributed by atoms with Crippen molar-refractivity contribution >= 4 is 5.91 Å². The lowest BCUT2D eigenvalue weighted by molar-refractivity contribution is -0.120. The van der Waals surface area contributed by atoms with Crippen molar-refractivity contribution in [1.82, 2.24) is 5.32 Å². The van der Waals surface area contributed by atoms with Crippen LogP contribution in [0, 0.1) is 0 Å². The van der Waals surface area contributed by atoms with Crippen LogP contribution < -0.4 is 14.8 Å². The van der Waals surface area contributed by atoms with E-state index in [4.69, 9.17) is 9.47 Å². The maximum Gasteiger partial charge on any atom is 0.224 e. The topological polar surface area (TPSA) is 47.6 Å². The predicted molar refractivity (Wildman–Crippen MR) is 81.1 cm³/mol. The smallest absolute Gasteiger partial charge is 0.224 e. The number of nitrogens with one attached hydrogen (secondary N) is 1. The maximum atomic E-state index is 12.2. The second-order valence-corrected chi connectivity index (χ2v) is 5.75. The van der Waals surface area contributed by atoms with Crippen LogP contribution >= 0.6 is 0 Å². The van der Waals surface area contributed by atoms with Crippen molar-refractivity contribution in [3.63, 3.8) is 0 Å². The van der Waals surface area contributed by atoms with Gasteiger partial charge in [-0.1, -0.05) is 19.8 Å². The van der Waals surface area contributed by atoms with Crippen LogP contribution in [0.1, 0.15) is 42.9 Å². The van der Waals surface area contributed by atoms with E-state index in [1.165, 1.54) is 17.5 Å². The number of benzene rings is 1. The molecule has 0 saturated carbocycles. The van der Waals surface area contributed by atoms with Gasteiger partial charge in [0.25, 0.3) is 0 Å². The second kappa shape index (κ2) is 6.37. The van der Waals surface area contributed by atoms with Crippen molar-refractivity contribution in [3.05, 3.63) is 22.8 Å². The van der Waals surface area contributed by atoms with Gasteiger partial charge in [-0.3, -0.25) is 4.79 Å². The van der Waals surface area contributed by atoms with E-state index in [9.17, 15) is 4.79 Å². The molecule has 0 spiro atoms. The number of fused-ring (bicyclic) bond motifs is 2. The fourth-order valence-corrected chi connectivity index (χ4v) is 3.10. The summed E-state index contributed by atoms with van der Waals surface area (Å²) in [6.07, 6.45) is 5.57. The molecule has 1 aromatic carbocycles. The molecule has 0 atom stereocenters. The van der Waals surface area contributed by atoms with E-state index in [1.807, 2.05) is 0 Å². The highest BCUT2D eigenvalue weighted by Crippen LogP contribution is 2.40. The van der Waals surface area contributed by atoms with Crippen LogP contribution in [0.5, 0.6) is 11.5 Å². The van der Waals surface area contributed by atoms with Crippen molar-refractivity contribution < 1.29 is 14.3 Å². The van der Waals surface area contributed by atoms with E-state index in [1.54, 1.807) is 0 Å². The van der Waals surface area contributed by atoms with E-state index in [2.05, 4.69) is 18.3 Å². The molecule has 4 heteroatoms. The molecule has 0 aliphatic carbocycles. The zero-order valence-corrected chi connectivity index (χ0v) is 12.7. The minimum atomic E-state index is 0.0871. The number of rotatable bonds is 6. The van der Waals surface area contributed by atoms with Gasteiger partial charge in [-0.2, -0.15) is 0 Å². The minimum absolute atomic E-state index is 0.0871. The van der Waals surface area contributed by atoms with Gasteiger partial charge in [0.2, 0.25) is 5.91 Å². The number of unbranched alkanes of at least 4 members (excludes halogenated alkanes) is 2. The van der Waals surface area contributed by atoms with E-state index in [0.717, 1.165) is 49.3 Å². The van der Waals surface area contributed by atoms with Gasteiger partial charge < -0.3 is 14.8 Å². The number of amides is 1. The van der Waals surface area contributed by atoms with Crippen molar-refractivity contribution in [2.45, 2.75) is 45.4 Å². The molecule has 114 valence electrons. The molecule has 0 unspecified atom stereocenters. The van der Waals surface area contributed by atoms with Crippen LogP contribution in [-0.2, 0) is 24.1 Å². The first-order valence-corrected chi connectivity index (χ1v) is 7.99. The Morgan fingerprint density at radius 3 is 2.95 bits per heavy atom. The van der Waals surface area contributed by atoms with Crippen molar-refractivity contribution in [2.24, 2.45) is 0 Å². The van der Waals surface area contributed by atoms with Gasteiger partial charge in [0.1, 0.15) is 11.5 Å². The van der Waals surface area contributed by atoms with E-state index in [0.29, 0.717) is 19.6 Å². The maximum absolute atomic E-state index is 12.2. The molecule has 1 amide bonds. The first-order chi connectivity index (χ1) is 10.3. The van der Waals surface area contributed by atoms with Gasteiger partial charge in [-0.05, 0) is 12.5 Å². The number of hydrogen-bond donors (Lipinski definition) is 1. The highest BCUT2D eigenvalue weighted by molar-refractivity contribution is 5.80. The van der Waals surface area contributed by atoms with Crippen LogP contribution in [0.15, 0.2) is 6.07 Å². The summed E-state index contributed by atoms with van der Waals surface area (Å²) in [4.78, 5) is 12.2. The van der Waals surface area contributed by atoms with Crippen molar-refractivity contribution in [3.8, 4) is 11.5 Å². The van der Waals surface area contributed by atoms with Gasteiger partial charge in [0, 0.05) is 36.1 Å². The summed E-state index contributed by atoms with van der Waals surface area (Å²) in [5.74, 6) is 1.97. The largest absolute Gasteiger partial charge is 0.493 e. The summed E-state index contributed by atoms with van der Waals surface area (Å²) >= 11 is 0. The first-order valence-electron chi connectivity index (χ1n) is 7.99. The molecule has 2 aliphatic rings. The Hall–Kier alpha value is -1.71. The quantitative estimate of drug-likeness (QED) is 0.818. The molecule has 1 N–H and O–H groups in total. The molecule has 0 fully saturated rings. The normalized spacial score (nSPS) is 15.1. The summed E-state index contributed by atoms with van der Waals surface area (Å²) in [5.41, 5.74) is 3.40. The third kappa shape index (κ3) is 2.99. The summed E-state index contributed by atoms with van der Waals surface area (Å²) < 4.78 is 11.4. The summed E-state index contributed by atoms with van der Waals surface area (Å²) in [7, 11) is 0. The number of hydrogen-bond acceptors (Lipinski definition) is 3. The molecule has 0 bridgehead atoms. The first kappa shape index (κ1) is 14.2. The van der Waals surface area contributed by atoms with Gasteiger partial charge >= 0.3 is 0 Å². The van der Waals surface area contributed by atoms with E-state index >= 15 is 0 Å². The van der Waals surface area contributed by atoms with Gasteiger partial charge in [-0.15, -0.1) is 0 Å². The summed E-state index contributed by atoms with van der Waals surface area (Å²) in [6.45, 7) is 4.35. The fraction of sp³-hybridized carbons (Fsp3) is 0.588. The zero-order valence-electron chi connectivity index (χ0n) is 12.7. The lowest BCUT2D eigenvalue weighted by Gasteiger charge is -2.13. The van der Waals surface area contributed by atoms with E-state index in [-0.39, 0.29) is 5.91 Å². The Morgan fingerprint density at radius 1 is 1.24 bits per heavy atom. The molecule has 1 aromatic rings. The SMILES string of the molecule is CCCCCNC(=O)Cc1c2c(cc3c1OCC3)OCC2. The Morgan fingerprint density at radius 2 is 2.10 bits per heavy atom. The molecule has 3 rings (SSSR count). The lowest BCUT2D eigenvalue weighted by Crippen LogP contribution is -2.26. The van der Waals surface area contributed by atoms with E-state index < -0.39 is 0 Å². The average Bonchev–Trinajstić information content (AvgIpc) is 3.11. The van der Waals surface area contributed by atoms with Gasteiger partial charge in [-0.25, -0.2) is 0 Å². The van der Waals surface area contributed by atoms with Gasteiger partial charge in [0.05, 0.1) is 19.6 Å². The average molecular weight is 289 g/mol. The molecule has 4 nitrogen and oxygen atoms in total. The fourth-order valence-electron chi connectivity index (χ4n) is 3.10. The van der Waals surface area contributed by atoms with Crippen LogP contribution in [0.2, 0.25) is 0 Å². The van der Waals surface area contributed by atoms with Gasteiger partial charge in [0.15, 0.2) is 0 Å². The van der Waals surface area contributed by atoms with Crippen molar-refractivity contribution in [2.75, 3.05) is 19.8 Å². The molecule has 0 aromatic heterocycles. The highest BCUT2D eigenvalue weighted by Gasteiger charge is 2.27. The van der Waals surface area contributed by atoms with Crippen molar-refractivity contribution in [1.29, 1.82) is 0 Å². The molecule has 0 saturated heterocycles. The zero-order chi connectivity index (χ0) is 14.7. The second-order valence-electron chi connectivity index (χ2n) is 5.75. The molecule has 0 radical (unpaired) electrons. The molecule has 21 heavy (non-hydrogen) atoms. The predicted octanol–water partition coefficient (Wildman–Crippen LogP) is 2.41.